The first-order chi connectivity index (χ1) is 15.3. The van der Waals surface area contributed by atoms with Crippen molar-refractivity contribution in [2.75, 3.05) is 13.2 Å². The molecule has 186 valence electrons. The molecule has 1 fully saturated rings. The lowest BCUT2D eigenvalue weighted by Gasteiger charge is -2.44. The Morgan fingerprint density at radius 2 is 1.42 bits per heavy atom. The number of esters is 3. The number of carbonyl (C=O) groups excluding carboxylic acids is 4. The summed E-state index contributed by atoms with van der Waals surface area (Å²) in [6.45, 7) is 5.78. The molecule has 1 saturated heterocycles. The van der Waals surface area contributed by atoms with Crippen LogP contribution in [0.1, 0.15) is 20.8 Å². The molecule has 1 heterocycles. The maximum atomic E-state index is 11.7. The molecule has 5 atom stereocenters. The number of hydrogen-bond acceptors (Lipinski definition) is 12. The van der Waals surface area contributed by atoms with Gasteiger partial charge in [0, 0.05) is 20.8 Å². The third-order valence-corrected chi connectivity index (χ3v) is 4.19. The van der Waals surface area contributed by atoms with Crippen LogP contribution in [0.15, 0.2) is 12.7 Å². The van der Waals surface area contributed by atoms with Crippen LogP contribution in [0.5, 0.6) is 0 Å². The van der Waals surface area contributed by atoms with Crippen LogP contribution in [0.4, 0.5) is 4.79 Å². The molecular formula is C18H22Cl3NO11. The van der Waals surface area contributed by atoms with Gasteiger partial charge in [0.25, 0.3) is 3.79 Å². The fourth-order valence-corrected chi connectivity index (χ4v) is 2.72. The lowest BCUT2D eigenvalue weighted by molar-refractivity contribution is -0.291. The van der Waals surface area contributed by atoms with Gasteiger partial charge in [0.2, 0.25) is 18.3 Å². The van der Waals surface area contributed by atoms with Crippen molar-refractivity contribution in [1.29, 1.82) is 5.41 Å². The van der Waals surface area contributed by atoms with Crippen LogP contribution in [0, 0.1) is 5.41 Å². The molecular weight excluding hydrogens is 513 g/mol. The van der Waals surface area contributed by atoms with Crippen LogP contribution in [0.25, 0.3) is 0 Å². The van der Waals surface area contributed by atoms with Gasteiger partial charge in [0.05, 0.1) is 0 Å². The number of alkyl halides is 3. The molecule has 0 radical (unpaired) electrons. The summed E-state index contributed by atoms with van der Waals surface area (Å²) in [5, 5.41) is 7.79. The molecule has 0 aromatic carbocycles. The van der Waals surface area contributed by atoms with Gasteiger partial charge in [-0.15, -0.1) is 0 Å². The summed E-state index contributed by atoms with van der Waals surface area (Å²) in [4.78, 5) is 46.8. The second kappa shape index (κ2) is 12.8. The molecule has 0 spiro atoms. The highest BCUT2D eigenvalue weighted by Crippen LogP contribution is 2.33. The molecule has 0 aromatic heterocycles. The minimum Gasteiger partial charge on any atom is -0.455 e. The Morgan fingerprint density at radius 3 is 1.91 bits per heavy atom. The Bertz CT molecular complexity index is 770. The summed E-state index contributed by atoms with van der Waals surface area (Å²) in [5.74, 6) is -3.46. The van der Waals surface area contributed by atoms with Gasteiger partial charge in [-0.1, -0.05) is 47.5 Å². The van der Waals surface area contributed by atoms with E-state index in [-0.39, 0.29) is 6.61 Å². The van der Waals surface area contributed by atoms with Crippen molar-refractivity contribution in [3.8, 4) is 0 Å². The van der Waals surface area contributed by atoms with Crippen molar-refractivity contribution >= 4 is 64.8 Å². The van der Waals surface area contributed by atoms with Gasteiger partial charge in [-0.2, -0.15) is 0 Å². The van der Waals surface area contributed by atoms with E-state index in [9.17, 15) is 19.2 Å². The van der Waals surface area contributed by atoms with Crippen LogP contribution in [0.2, 0.25) is 0 Å². The van der Waals surface area contributed by atoms with E-state index in [4.69, 9.17) is 68.6 Å². The third-order valence-electron chi connectivity index (χ3n) is 3.67. The van der Waals surface area contributed by atoms with E-state index in [2.05, 4.69) is 11.3 Å². The van der Waals surface area contributed by atoms with Gasteiger partial charge >= 0.3 is 24.1 Å². The smallest absolute Gasteiger partial charge is 0.455 e. The first-order valence-electron chi connectivity index (χ1n) is 9.16. The average Bonchev–Trinajstić information content (AvgIpc) is 2.67. The zero-order chi connectivity index (χ0) is 25.3. The zero-order valence-corrected chi connectivity index (χ0v) is 20.0. The number of nitrogens with one attached hydrogen (secondary N) is 1. The number of rotatable bonds is 8. The van der Waals surface area contributed by atoms with Crippen molar-refractivity contribution in [3.63, 3.8) is 0 Å². The van der Waals surface area contributed by atoms with Crippen LogP contribution in [-0.4, -0.2) is 77.7 Å². The minimum absolute atomic E-state index is 0.144. The van der Waals surface area contributed by atoms with Gasteiger partial charge in [-0.25, -0.2) is 4.79 Å². The van der Waals surface area contributed by atoms with E-state index in [1.165, 1.54) is 6.08 Å². The zero-order valence-electron chi connectivity index (χ0n) is 17.7. The summed E-state index contributed by atoms with van der Waals surface area (Å²) in [6, 6.07) is 0. The second-order valence-corrected chi connectivity index (χ2v) is 8.65. The van der Waals surface area contributed by atoms with Crippen molar-refractivity contribution in [2.45, 2.75) is 55.3 Å². The van der Waals surface area contributed by atoms with E-state index in [0.717, 1.165) is 20.8 Å². The SMILES string of the molecule is C=CCOC(=O)OC[C@H]1OC(OC(=N)C(Cl)(Cl)Cl)[C@H](OC(C)=O)[C@@H](OC(C)=O)[C@@H]1OC(C)=O. The van der Waals surface area contributed by atoms with Crippen LogP contribution in [0.3, 0.4) is 0 Å². The number of ether oxygens (including phenoxy) is 7. The quantitative estimate of drug-likeness (QED) is 0.122. The molecule has 1 unspecified atom stereocenters. The van der Waals surface area contributed by atoms with E-state index < -0.39 is 71.1 Å². The predicted molar refractivity (Wildman–Crippen MR) is 112 cm³/mol. The number of hydrogen-bond donors (Lipinski definition) is 1. The molecule has 0 aromatic rings. The number of carbonyl (C=O) groups is 4. The van der Waals surface area contributed by atoms with Gasteiger partial charge in [0.15, 0.2) is 12.2 Å². The van der Waals surface area contributed by atoms with E-state index in [1.54, 1.807) is 0 Å². The highest BCUT2D eigenvalue weighted by molar-refractivity contribution is 6.76. The molecule has 1 N–H and O–H groups in total. The van der Waals surface area contributed by atoms with Crippen molar-refractivity contribution < 1.29 is 52.3 Å². The molecule has 33 heavy (non-hydrogen) atoms. The molecule has 1 aliphatic rings. The molecule has 0 amide bonds. The average molecular weight is 535 g/mol. The monoisotopic (exact) mass is 533 g/mol. The van der Waals surface area contributed by atoms with Crippen molar-refractivity contribution in [2.24, 2.45) is 0 Å². The third kappa shape index (κ3) is 9.62. The lowest BCUT2D eigenvalue weighted by Crippen LogP contribution is -2.63. The first-order valence-corrected chi connectivity index (χ1v) is 10.3. The minimum atomic E-state index is -2.33. The normalized spacial score (nSPS) is 24.6. The molecule has 12 nitrogen and oxygen atoms in total. The van der Waals surface area contributed by atoms with E-state index in [0.29, 0.717) is 0 Å². The summed E-state index contributed by atoms with van der Waals surface area (Å²) in [6.07, 6.45) is -7.41. The molecule has 1 aliphatic heterocycles. The molecule has 0 aliphatic carbocycles. The van der Waals surface area contributed by atoms with Gasteiger partial charge in [0.1, 0.15) is 19.3 Å². The van der Waals surface area contributed by atoms with Crippen LogP contribution < -0.4 is 0 Å². The maximum Gasteiger partial charge on any atom is 0.508 e. The molecule has 15 heteroatoms. The topological polar surface area (TPSA) is 157 Å². The summed E-state index contributed by atoms with van der Waals surface area (Å²) in [7, 11) is 0. The van der Waals surface area contributed by atoms with Gasteiger partial charge in [-0.05, 0) is 0 Å². The second-order valence-electron chi connectivity index (χ2n) is 6.37. The Morgan fingerprint density at radius 1 is 0.909 bits per heavy atom. The fourth-order valence-electron chi connectivity index (χ4n) is 2.59. The Kier molecular flexibility index (Phi) is 11.2. The Hall–Kier alpha value is -2.28. The largest absolute Gasteiger partial charge is 0.508 e. The maximum absolute atomic E-state index is 11.7. The number of halogens is 3. The molecule has 1 rings (SSSR count). The highest BCUT2D eigenvalue weighted by atomic mass is 35.6. The fraction of sp³-hybridized carbons (Fsp3) is 0.611. The molecule has 0 saturated carbocycles. The first kappa shape index (κ1) is 28.8. The highest BCUT2D eigenvalue weighted by Gasteiger charge is 2.54. The van der Waals surface area contributed by atoms with Gasteiger partial charge < -0.3 is 33.2 Å². The Balaban J connectivity index is 3.33. The summed E-state index contributed by atoms with van der Waals surface area (Å²) < 4.78 is 33.6. The molecule has 0 bridgehead atoms. The van der Waals surface area contributed by atoms with Crippen molar-refractivity contribution in [1.82, 2.24) is 0 Å². The van der Waals surface area contributed by atoms with E-state index in [1.807, 2.05) is 0 Å². The summed E-state index contributed by atoms with van der Waals surface area (Å²) >= 11 is 16.9. The van der Waals surface area contributed by atoms with Crippen LogP contribution in [-0.2, 0) is 47.5 Å². The summed E-state index contributed by atoms with van der Waals surface area (Å²) in [5.41, 5.74) is 0. The predicted octanol–water partition coefficient (Wildman–Crippen LogP) is 2.21. The lowest BCUT2D eigenvalue weighted by atomic mass is 9.98. The Labute approximate surface area is 203 Å². The van der Waals surface area contributed by atoms with Gasteiger partial charge in [-0.3, -0.25) is 19.8 Å². The van der Waals surface area contributed by atoms with E-state index >= 15 is 0 Å². The van der Waals surface area contributed by atoms with Crippen LogP contribution >= 0.6 is 34.8 Å². The standard InChI is InChI=1S/C18H22Cl3NO11/c1-5-6-27-17(26)28-7-11-12(29-8(2)23)13(30-9(3)24)14(31-10(4)25)15(32-11)33-16(22)18(19,20)21/h5,11-15,22H,1,6-7H2,2-4H3/t11-,12-,13+,14-,15?/m1/s1. The van der Waals surface area contributed by atoms with Crippen molar-refractivity contribution in [3.05, 3.63) is 12.7 Å².